The van der Waals surface area contributed by atoms with Gasteiger partial charge < -0.3 is 5.32 Å². The minimum atomic E-state index is -0.265. The molecule has 0 aliphatic rings. The van der Waals surface area contributed by atoms with Crippen LogP contribution in [0.2, 0.25) is 0 Å². The number of nitrogens with zero attached hydrogens (tertiary/aromatic N) is 3. The summed E-state index contributed by atoms with van der Waals surface area (Å²) in [7, 11) is 0. The highest BCUT2D eigenvalue weighted by Gasteiger charge is 2.10. The highest BCUT2D eigenvalue weighted by atomic mass is 16.1. The van der Waals surface area contributed by atoms with E-state index >= 15 is 0 Å². The molecule has 5 nitrogen and oxygen atoms in total. The number of aromatic nitrogens is 2. The first-order valence-corrected chi connectivity index (χ1v) is 6.69. The smallest absolute Gasteiger partial charge is 0.276 e. The average molecular weight is 288 g/mol. The summed E-state index contributed by atoms with van der Waals surface area (Å²) in [6.45, 7) is 0. The molecule has 2 aromatic carbocycles. The monoisotopic (exact) mass is 288 g/mol. The Hall–Kier alpha value is -3.39. The van der Waals surface area contributed by atoms with Crippen molar-refractivity contribution >= 4 is 11.6 Å². The van der Waals surface area contributed by atoms with Crippen LogP contribution in [0.25, 0.3) is 5.69 Å². The maximum atomic E-state index is 12.1. The summed E-state index contributed by atoms with van der Waals surface area (Å²) < 4.78 is 1.60. The number of hydrogen-bond donors (Lipinski definition) is 1. The van der Waals surface area contributed by atoms with Crippen molar-refractivity contribution in [3.63, 3.8) is 0 Å². The lowest BCUT2D eigenvalue weighted by atomic mass is 10.2. The molecule has 3 aromatic rings. The van der Waals surface area contributed by atoms with Gasteiger partial charge in [0.1, 0.15) is 0 Å². The standard InChI is InChI=1S/C17H12N4O/c18-12-13-6-8-15(9-7-13)21-11-10-16(20-21)17(22)19-14-4-2-1-3-5-14/h1-11H,(H,19,22). The van der Waals surface area contributed by atoms with Crippen LogP contribution in [0.4, 0.5) is 5.69 Å². The second kappa shape index (κ2) is 5.94. The first kappa shape index (κ1) is 13.6. The molecule has 22 heavy (non-hydrogen) atoms. The number of hydrogen-bond acceptors (Lipinski definition) is 3. The van der Waals surface area contributed by atoms with E-state index in [-0.39, 0.29) is 5.91 Å². The van der Waals surface area contributed by atoms with Gasteiger partial charge in [0.05, 0.1) is 17.3 Å². The van der Waals surface area contributed by atoms with Crippen molar-refractivity contribution in [3.05, 3.63) is 78.1 Å². The summed E-state index contributed by atoms with van der Waals surface area (Å²) in [5.41, 5.74) is 2.42. The van der Waals surface area contributed by atoms with Crippen LogP contribution in [-0.2, 0) is 0 Å². The Labute approximate surface area is 127 Å². The van der Waals surface area contributed by atoms with Crippen LogP contribution in [0, 0.1) is 11.3 Å². The molecule has 0 fully saturated rings. The van der Waals surface area contributed by atoms with Crippen LogP contribution in [0.15, 0.2) is 66.9 Å². The molecular weight excluding hydrogens is 276 g/mol. The molecule has 1 heterocycles. The highest BCUT2D eigenvalue weighted by Crippen LogP contribution is 2.11. The summed E-state index contributed by atoms with van der Waals surface area (Å²) in [5, 5.41) is 15.8. The van der Waals surface area contributed by atoms with E-state index in [1.165, 1.54) is 0 Å². The van der Waals surface area contributed by atoms with E-state index in [4.69, 9.17) is 5.26 Å². The van der Waals surface area contributed by atoms with Crippen molar-refractivity contribution in [2.75, 3.05) is 5.32 Å². The van der Waals surface area contributed by atoms with Gasteiger partial charge in [-0.1, -0.05) is 18.2 Å². The first-order valence-electron chi connectivity index (χ1n) is 6.69. The number of para-hydroxylation sites is 1. The van der Waals surface area contributed by atoms with E-state index in [9.17, 15) is 4.79 Å². The second-order valence-electron chi connectivity index (χ2n) is 4.62. The van der Waals surface area contributed by atoms with E-state index in [1.54, 1.807) is 41.2 Å². The molecule has 0 saturated carbocycles. The van der Waals surface area contributed by atoms with Crippen molar-refractivity contribution < 1.29 is 4.79 Å². The number of nitriles is 1. The lowest BCUT2D eigenvalue weighted by molar-refractivity contribution is 0.102. The molecule has 3 rings (SSSR count). The summed E-state index contributed by atoms with van der Waals surface area (Å²) >= 11 is 0. The highest BCUT2D eigenvalue weighted by molar-refractivity contribution is 6.02. The molecule has 0 aliphatic carbocycles. The van der Waals surface area contributed by atoms with Gasteiger partial charge in [0, 0.05) is 11.9 Å². The molecule has 106 valence electrons. The van der Waals surface area contributed by atoms with E-state index in [0.29, 0.717) is 11.3 Å². The molecule has 1 N–H and O–H groups in total. The third kappa shape index (κ3) is 2.86. The normalized spacial score (nSPS) is 9.95. The fourth-order valence-corrected chi connectivity index (χ4v) is 1.99. The van der Waals surface area contributed by atoms with Crippen LogP contribution in [-0.4, -0.2) is 15.7 Å². The number of nitrogens with one attached hydrogen (secondary N) is 1. The molecule has 0 aliphatic heterocycles. The zero-order chi connectivity index (χ0) is 15.4. The molecule has 5 heteroatoms. The molecule has 1 amide bonds. The fraction of sp³-hybridized carbons (Fsp3) is 0. The number of carbonyl (C=O) groups excluding carboxylic acids is 1. The lowest BCUT2D eigenvalue weighted by Crippen LogP contribution is -2.13. The molecule has 0 unspecified atom stereocenters. The number of amides is 1. The summed E-state index contributed by atoms with van der Waals surface area (Å²) in [6, 6.07) is 19.9. The topological polar surface area (TPSA) is 70.7 Å². The van der Waals surface area contributed by atoms with Gasteiger partial charge in [0.15, 0.2) is 5.69 Å². The van der Waals surface area contributed by atoms with Crippen LogP contribution in [0.1, 0.15) is 16.1 Å². The summed E-state index contributed by atoms with van der Waals surface area (Å²) in [5.74, 6) is -0.265. The Kier molecular flexibility index (Phi) is 3.67. The lowest BCUT2D eigenvalue weighted by Gasteiger charge is -2.03. The number of benzene rings is 2. The predicted octanol–water partition coefficient (Wildman–Crippen LogP) is 3.00. The van der Waals surface area contributed by atoms with Crippen LogP contribution < -0.4 is 5.32 Å². The Morgan fingerprint density at radius 1 is 1.05 bits per heavy atom. The predicted molar refractivity (Wildman–Crippen MR) is 82.7 cm³/mol. The quantitative estimate of drug-likeness (QED) is 0.805. The van der Waals surface area contributed by atoms with Gasteiger partial charge in [-0.2, -0.15) is 10.4 Å². The Morgan fingerprint density at radius 2 is 1.77 bits per heavy atom. The molecule has 0 saturated heterocycles. The summed E-state index contributed by atoms with van der Waals surface area (Å²) in [6.07, 6.45) is 1.71. The third-order valence-electron chi connectivity index (χ3n) is 3.11. The number of carbonyl (C=O) groups is 1. The van der Waals surface area contributed by atoms with Gasteiger partial charge >= 0.3 is 0 Å². The van der Waals surface area contributed by atoms with Crippen LogP contribution in [0.3, 0.4) is 0 Å². The zero-order valence-electron chi connectivity index (χ0n) is 11.6. The Bertz CT molecular complexity index is 829. The largest absolute Gasteiger partial charge is 0.321 e. The van der Waals surface area contributed by atoms with Crippen molar-refractivity contribution in [2.24, 2.45) is 0 Å². The summed E-state index contributed by atoms with van der Waals surface area (Å²) in [4.78, 5) is 12.1. The van der Waals surface area contributed by atoms with Gasteiger partial charge in [0.25, 0.3) is 5.91 Å². The van der Waals surface area contributed by atoms with Gasteiger partial charge in [-0.05, 0) is 42.5 Å². The molecule has 0 spiro atoms. The van der Waals surface area contributed by atoms with Gasteiger partial charge in [-0.15, -0.1) is 0 Å². The Balaban J connectivity index is 1.78. The van der Waals surface area contributed by atoms with E-state index in [2.05, 4.69) is 16.5 Å². The zero-order valence-corrected chi connectivity index (χ0v) is 11.6. The van der Waals surface area contributed by atoms with E-state index in [0.717, 1.165) is 11.4 Å². The average Bonchev–Trinajstić information content (AvgIpc) is 3.06. The fourth-order valence-electron chi connectivity index (χ4n) is 1.99. The molecule has 0 bridgehead atoms. The Morgan fingerprint density at radius 3 is 2.45 bits per heavy atom. The van der Waals surface area contributed by atoms with Gasteiger partial charge in [-0.25, -0.2) is 4.68 Å². The second-order valence-corrected chi connectivity index (χ2v) is 4.62. The molecule has 1 aromatic heterocycles. The van der Waals surface area contributed by atoms with Gasteiger partial charge in [0.2, 0.25) is 0 Å². The van der Waals surface area contributed by atoms with E-state index < -0.39 is 0 Å². The van der Waals surface area contributed by atoms with Crippen molar-refractivity contribution in [3.8, 4) is 11.8 Å². The molecule has 0 radical (unpaired) electrons. The first-order chi connectivity index (χ1) is 10.8. The van der Waals surface area contributed by atoms with Crippen LogP contribution in [0.5, 0.6) is 0 Å². The molecular formula is C17H12N4O. The third-order valence-corrected chi connectivity index (χ3v) is 3.11. The number of rotatable bonds is 3. The maximum Gasteiger partial charge on any atom is 0.276 e. The van der Waals surface area contributed by atoms with Crippen molar-refractivity contribution in [1.82, 2.24) is 9.78 Å². The van der Waals surface area contributed by atoms with E-state index in [1.807, 2.05) is 30.3 Å². The maximum absolute atomic E-state index is 12.1. The SMILES string of the molecule is N#Cc1ccc(-n2ccc(C(=O)Nc3ccccc3)n2)cc1. The number of anilines is 1. The van der Waals surface area contributed by atoms with Crippen LogP contribution >= 0.6 is 0 Å². The van der Waals surface area contributed by atoms with Gasteiger partial charge in [-0.3, -0.25) is 4.79 Å². The van der Waals surface area contributed by atoms with Crippen molar-refractivity contribution in [1.29, 1.82) is 5.26 Å². The van der Waals surface area contributed by atoms with Crippen molar-refractivity contribution in [2.45, 2.75) is 0 Å². The minimum Gasteiger partial charge on any atom is -0.321 e. The minimum absolute atomic E-state index is 0.265. The molecule has 0 atom stereocenters.